The van der Waals surface area contributed by atoms with Crippen molar-refractivity contribution < 1.29 is 35.8 Å². The lowest BCUT2D eigenvalue weighted by Gasteiger charge is -2.23. The van der Waals surface area contributed by atoms with Crippen LogP contribution < -0.4 is 31.8 Å². The number of halogens is 6. The van der Waals surface area contributed by atoms with Gasteiger partial charge in [0.1, 0.15) is 13.2 Å². The average Bonchev–Trinajstić information content (AvgIpc) is 4.04. The Morgan fingerprint density at radius 3 is 1.27 bits per heavy atom. The Bertz CT molecular complexity index is 2610. The molecular weight excluding hydrogens is 973 g/mol. The van der Waals surface area contributed by atoms with Gasteiger partial charge in [-0.05, 0) is 108 Å². The molecule has 0 fully saturated rings. The van der Waals surface area contributed by atoms with E-state index in [0.29, 0.717) is 17.2 Å². The van der Waals surface area contributed by atoms with Crippen molar-refractivity contribution in [3.63, 3.8) is 0 Å². The van der Waals surface area contributed by atoms with Crippen molar-refractivity contribution in [1.29, 1.82) is 0 Å². The molecule has 0 saturated heterocycles. The molecule has 0 amide bonds. The van der Waals surface area contributed by atoms with Crippen LogP contribution in [0.1, 0.15) is 76.3 Å². The lowest BCUT2D eigenvalue weighted by molar-refractivity contribution is -0.138. The topological polar surface area (TPSA) is 43.2 Å². The summed E-state index contributed by atoms with van der Waals surface area (Å²) in [6, 6.07) is 45.8. The molecule has 6 aromatic rings. The van der Waals surface area contributed by atoms with E-state index in [9.17, 15) is 26.3 Å². The quantitative estimate of drug-likeness (QED) is 0.0906. The van der Waals surface area contributed by atoms with E-state index in [1.165, 1.54) is 34.1 Å². The molecular formula is C56H62F6N2O2P2S2. The van der Waals surface area contributed by atoms with Gasteiger partial charge in [0.05, 0.1) is 23.2 Å². The van der Waals surface area contributed by atoms with Crippen LogP contribution in [-0.2, 0) is 21.8 Å². The van der Waals surface area contributed by atoms with E-state index in [0.717, 1.165) is 52.3 Å². The predicted octanol–water partition coefficient (Wildman–Crippen LogP) is 13.1. The standard InChI is InChI=1S/C28H26F6NOP.C25H26NOP.C2H6S.CH4S/c1-17-5-10-20(11-6-17)37(21-12-7-18(8-13-21)27(29,30)31)23-14-9-19(28(32,33)34)15-22(23)25-35-24(16-36-25)26(2,3)4;1-25(2,3)23-18-27-24(26-23)21-16-10-11-17-22(21)28(19-12-6-4-7-13-19)20-14-8-5-9-15-20;1-2-3;1-2/h5-15,24H,16H2,1-4H3;4-17,23H,18H2,1-3H3;3H,2H2,1H3;2H,1H3/t24-,37?;23-;;/m11../s1. The van der Waals surface area contributed by atoms with Crippen molar-refractivity contribution >= 4 is 84.7 Å². The van der Waals surface area contributed by atoms with Crippen molar-refractivity contribution in [3.8, 4) is 0 Å². The van der Waals surface area contributed by atoms with Gasteiger partial charge in [-0.2, -0.15) is 51.6 Å². The van der Waals surface area contributed by atoms with Gasteiger partial charge in [-0.15, -0.1) is 0 Å². The van der Waals surface area contributed by atoms with Crippen LogP contribution in [0, 0.1) is 17.8 Å². The van der Waals surface area contributed by atoms with Crippen LogP contribution in [0.2, 0.25) is 0 Å². The summed E-state index contributed by atoms with van der Waals surface area (Å²) < 4.78 is 92.8. The fraction of sp³-hybridized carbons (Fsp3) is 0.321. The first kappa shape index (κ1) is 56.3. The van der Waals surface area contributed by atoms with Crippen LogP contribution in [0.5, 0.6) is 0 Å². The normalized spacial score (nSPS) is 16.2. The second-order valence-corrected chi connectivity index (χ2v) is 23.5. The zero-order chi connectivity index (χ0) is 51.4. The summed E-state index contributed by atoms with van der Waals surface area (Å²) >= 11 is 7.32. The maximum absolute atomic E-state index is 13.7. The minimum atomic E-state index is -4.59. The molecule has 372 valence electrons. The fourth-order valence-corrected chi connectivity index (χ4v) is 12.2. The minimum absolute atomic E-state index is 0.0975. The van der Waals surface area contributed by atoms with Crippen molar-refractivity contribution in [3.05, 3.63) is 179 Å². The van der Waals surface area contributed by atoms with Gasteiger partial charge >= 0.3 is 12.4 Å². The van der Waals surface area contributed by atoms with Crippen LogP contribution in [0.15, 0.2) is 162 Å². The summed E-state index contributed by atoms with van der Waals surface area (Å²) in [6.07, 6.45) is -7.39. The summed E-state index contributed by atoms with van der Waals surface area (Å²) in [5.41, 5.74) is 0.498. The van der Waals surface area contributed by atoms with E-state index < -0.39 is 39.3 Å². The molecule has 6 aromatic carbocycles. The smallest absolute Gasteiger partial charge is 0.416 e. The molecule has 0 bridgehead atoms. The Balaban J connectivity index is 0.000000246. The van der Waals surface area contributed by atoms with Gasteiger partial charge in [-0.3, -0.25) is 0 Å². The first-order valence-corrected chi connectivity index (χ1v) is 27.0. The molecule has 2 aliphatic rings. The Morgan fingerprint density at radius 1 is 0.500 bits per heavy atom. The zero-order valence-corrected chi connectivity index (χ0v) is 44.6. The molecule has 70 heavy (non-hydrogen) atoms. The maximum Gasteiger partial charge on any atom is 0.416 e. The molecule has 0 spiro atoms. The Kier molecular flexibility index (Phi) is 19.9. The molecule has 2 heterocycles. The van der Waals surface area contributed by atoms with E-state index in [1.807, 2.05) is 58.9 Å². The summed E-state index contributed by atoms with van der Waals surface area (Å²) in [4.78, 5) is 9.60. The van der Waals surface area contributed by atoms with Crippen molar-refractivity contribution in [1.82, 2.24) is 0 Å². The van der Waals surface area contributed by atoms with E-state index in [4.69, 9.17) is 14.5 Å². The number of aliphatic imine (C=N–C) groups is 2. The number of benzene rings is 6. The van der Waals surface area contributed by atoms with Gasteiger partial charge in [-0.1, -0.05) is 175 Å². The third-order valence-corrected chi connectivity index (χ3v) is 16.2. The van der Waals surface area contributed by atoms with Crippen LogP contribution in [-0.4, -0.2) is 49.1 Å². The average molecular weight is 1040 g/mol. The summed E-state index contributed by atoms with van der Waals surface area (Å²) in [6.45, 7) is 17.4. The van der Waals surface area contributed by atoms with Crippen molar-refractivity contribution in [2.24, 2.45) is 20.8 Å². The second kappa shape index (κ2) is 24.7. The third kappa shape index (κ3) is 14.7. The first-order valence-electron chi connectivity index (χ1n) is 22.8. The van der Waals surface area contributed by atoms with Gasteiger partial charge in [0.25, 0.3) is 0 Å². The molecule has 4 nitrogen and oxygen atoms in total. The number of alkyl halides is 6. The van der Waals surface area contributed by atoms with Gasteiger partial charge in [0, 0.05) is 11.1 Å². The molecule has 0 N–H and O–H groups in total. The maximum atomic E-state index is 13.7. The Labute approximate surface area is 423 Å². The van der Waals surface area contributed by atoms with E-state index >= 15 is 0 Å². The number of hydrogen-bond acceptors (Lipinski definition) is 6. The van der Waals surface area contributed by atoms with E-state index in [-0.39, 0.29) is 41.0 Å². The number of nitrogens with zero attached hydrogens (tertiary/aromatic N) is 2. The highest BCUT2D eigenvalue weighted by Gasteiger charge is 2.37. The number of rotatable bonds is 8. The number of hydrogen-bond donors (Lipinski definition) is 2. The van der Waals surface area contributed by atoms with Gasteiger partial charge in [0.2, 0.25) is 11.8 Å². The summed E-state index contributed by atoms with van der Waals surface area (Å²) in [7, 11) is -2.22. The van der Waals surface area contributed by atoms with Gasteiger partial charge in [-0.25, -0.2) is 9.98 Å². The molecule has 0 aliphatic carbocycles. The largest absolute Gasteiger partial charge is 0.475 e. The monoisotopic (exact) mass is 1030 g/mol. The lowest BCUT2D eigenvalue weighted by Crippen LogP contribution is -2.27. The lowest BCUT2D eigenvalue weighted by atomic mass is 9.88. The molecule has 8 rings (SSSR count). The molecule has 0 saturated carbocycles. The number of ether oxygens (including phenoxy) is 2. The first-order chi connectivity index (χ1) is 33.1. The van der Waals surface area contributed by atoms with Crippen LogP contribution in [0.4, 0.5) is 26.3 Å². The van der Waals surface area contributed by atoms with Gasteiger partial charge in [0.15, 0.2) is 0 Å². The summed E-state index contributed by atoms with van der Waals surface area (Å²) in [5, 5.41) is 5.85. The van der Waals surface area contributed by atoms with Crippen molar-refractivity contribution in [2.75, 3.05) is 25.2 Å². The highest BCUT2D eigenvalue weighted by Crippen LogP contribution is 2.40. The molecule has 0 radical (unpaired) electrons. The second-order valence-electron chi connectivity index (χ2n) is 18.5. The predicted molar refractivity (Wildman–Crippen MR) is 291 cm³/mol. The highest BCUT2D eigenvalue weighted by molar-refractivity contribution is 7.80. The molecule has 0 aromatic heterocycles. The summed E-state index contributed by atoms with van der Waals surface area (Å²) in [5.74, 6) is 1.85. The molecule has 1 unspecified atom stereocenters. The van der Waals surface area contributed by atoms with E-state index in [2.05, 4.69) is 136 Å². The zero-order valence-electron chi connectivity index (χ0n) is 41.0. The van der Waals surface area contributed by atoms with Crippen LogP contribution in [0.25, 0.3) is 0 Å². The minimum Gasteiger partial charge on any atom is -0.475 e. The van der Waals surface area contributed by atoms with Gasteiger partial charge < -0.3 is 9.47 Å². The SMILES string of the molecule is CC(C)(C)[C@H]1COC(c2ccccc2P(c2ccccc2)c2ccccc2)=N1.CCS.CS.Cc1ccc(P(c2ccc(C(F)(F)F)cc2)c2ccc(C(F)(F)F)cc2C2=N[C@@H](C(C)(C)C)CO2)cc1. The number of thiol groups is 2. The number of aryl methyl sites for hydroxylation is 1. The van der Waals surface area contributed by atoms with Crippen LogP contribution >= 0.6 is 41.1 Å². The third-order valence-electron chi connectivity index (χ3n) is 11.2. The van der Waals surface area contributed by atoms with Crippen LogP contribution in [0.3, 0.4) is 0 Å². The fourth-order valence-electron chi connectivity index (χ4n) is 7.36. The highest BCUT2D eigenvalue weighted by atomic mass is 32.1. The van der Waals surface area contributed by atoms with Crippen molar-refractivity contribution in [2.45, 2.75) is 79.8 Å². The van der Waals surface area contributed by atoms with E-state index in [1.54, 1.807) is 6.26 Å². The molecule has 2 aliphatic heterocycles. The Hall–Kier alpha value is -4.60. The molecule has 3 atom stereocenters. The Morgan fingerprint density at radius 2 is 0.857 bits per heavy atom. The molecule has 14 heteroatoms.